The van der Waals surface area contributed by atoms with Crippen LogP contribution in [0.2, 0.25) is 5.02 Å². The van der Waals surface area contributed by atoms with Crippen molar-refractivity contribution >= 4 is 57.3 Å². The fourth-order valence-electron chi connectivity index (χ4n) is 5.51. The smallest absolute Gasteiger partial charge is 0.413 e. The molecule has 17 heteroatoms. The number of methoxy groups -OCH3 is 1. The number of thiazole rings is 2. The molecule has 4 unspecified atom stereocenters. The van der Waals surface area contributed by atoms with Gasteiger partial charge in [0.2, 0.25) is 0 Å². The Kier molecular flexibility index (Phi) is 9.99. The summed E-state index contributed by atoms with van der Waals surface area (Å²) in [7, 11) is 1.63. The van der Waals surface area contributed by atoms with Crippen LogP contribution in [0.4, 0.5) is 9.93 Å². The number of anilines is 1. The highest BCUT2D eigenvalue weighted by Crippen LogP contribution is 2.46. The first kappa shape index (κ1) is 34.0. The maximum Gasteiger partial charge on any atom is 0.413 e. The van der Waals surface area contributed by atoms with Gasteiger partial charge in [-0.15, -0.1) is 27.8 Å². The highest BCUT2D eigenvalue weighted by atomic mass is 35.5. The van der Waals surface area contributed by atoms with Crippen LogP contribution < -0.4 is 5.32 Å². The van der Waals surface area contributed by atoms with Crippen molar-refractivity contribution < 1.29 is 28.5 Å². The second-order valence-corrected chi connectivity index (χ2v) is 15.4. The van der Waals surface area contributed by atoms with E-state index in [9.17, 15) is 4.79 Å². The van der Waals surface area contributed by atoms with E-state index in [1.165, 1.54) is 34.4 Å². The molecular weight excluding hydrogens is 710 g/mol. The highest BCUT2D eigenvalue weighted by Gasteiger charge is 2.52. The molecule has 0 saturated carbocycles. The fraction of sp³-hybridized carbons (Fsp3) is 0.375. The van der Waals surface area contributed by atoms with Crippen LogP contribution in [0.5, 0.6) is 0 Å². The summed E-state index contributed by atoms with van der Waals surface area (Å²) in [6, 6.07) is 11.1. The number of nitrogens with one attached hydrogen (secondary N) is 1. The van der Waals surface area contributed by atoms with E-state index in [-0.39, 0.29) is 6.61 Å². The average Bonchev–Trinajstić information content (AvgIpc) is 3.87. The van der Waals surface area contributed by atoms with Crippen LogP contribution in [0.3, 0.4) is 0 Å². The maximum atomic E-state index is 12.3. The Bertz CT molecular complexity index is 1890. The van der Waals surface area contributed by atoms with Crippen LogP contribution in [0.1, 0.15) is 38.7 Å². The van der Waals surface area contributed by atoms with Crippen molar-refractivity contribution in [2.24, 2.45) is 0 Å². The second-order valence-electron chi connectivity index (χ2n) is 12.1. The van der Waals surface area contributed by atoms with Gasteiger partial charge in [-0.3, -0.25) is 10.3 Å². The number of hydrogen-bond donors (Lipinski definition) is 1. The van der Waals surface area contributed by atoms with E-state index < -0.39 is 47.8 Å². The van der Waals surface area contributed by atoms with Gasteiger partial charge < -0.3 is 23.7 Å². The van der Waals surface area contributed by atoms with Crippen LogP contribution in [0.25, 0.3) is 22.1 Å². The van der Waals surface area contributed by atoms with Crippen molar-refractivity contribution in [2.75, 3.05) is 19.0 Å². The van der Waals surface area contributed by atoms with Gasteiger partial charge >= 0.3 is 6.09 Å². The van der Waals surface area contributed by atoms with Crippen LogP contribution in [-0.2, 0) is 23.7 Å². The van der Waals surface area contributed by atoms with E-state index in [1.54, 1.807) is 56.5 Å². The molecule has 6 heterocycles. The number of aromatic nitrogens is 6. The molecule has 256 valence electrons. The molecule has 49 heavy (non-hydrogen) atoms. The molecule has 13 nitrogen and oxygen atoms in total. The van der Waals surface area contributed by atoms with E-state index in [2.05, 4.69) is 30.6 Å². The number of hydrogen-bond acceptors (Lipinski definition) is 14. The first-order valence-electron chi connectivity index (χ1n) is 15.3. The number of thioether (sulfide) groups is 1. The lowest BCUT2D eigenvalue weighted by molar-refractivity contribution is -0.308. The molecule has 0 radical (unpaired) electrons. The number of amides is 1. The van der Waals surface area contributed by atoms with E-state index in [4.69, 9.17) is 35.3 Å². The molecule has 1 aromatic carbocycles. The summed E-state index contributed by atoms with van der Waals surface area (Å²) in [6.45, 7) is 5.66. The molecule has 7 rings (SSSR count). The predicted octanol–water partition coefficient (Wildman–Crippen LogP) is 7.11. The Morgan fingerprint density at radius 1 is 1.14 bits per heavy atom. The molecule has 2 saturated heterocycles. The number of rotatable bonds is 8. The van der Waals surface area contributed by atoms with E-state index in [0.717, 1.165) is 15.5 Å². The molecule has 2 aliphatic rings. The molecule has 1 N–H and O–H groups in total. The van der Waals surface area contributed by atoms with Gasteiger partial charge in [-0.1, -0.05) is 58.9 Å². The molecule has 4 aromatic heterocycles. The number of benzene rings is 1. The lowest BCUT2D eigenvalue weighted by atomic mass is 9.95. The molecular formula is C32H32ClN7O6S3. The summed E-state index contributed by atoms with van der Waals surface area (Å²) in [5, 5.41) is 17.0. The third-order valence-corrected chi connectivity index (χ3v) is 10.5. The lowest BCUT2D eigenvalue weighted by Gasteiger charge is -2.48. The fourth-order valence-corrected chi connectivity index (χ4v) is 8.44. The number of fused-ring (bicyclic) bond motifs is 1. The second kappa shape index (κ2) is 14.4. The van der Waals surface area contributed by atoms with Crippen molar-refractivity contribution in [1.29, 1.82) is 0 Å². The molecule has 2 fully saturated rings. The van der Waals surface area contributed by atoms with Gasteiger partial charge in [0.1, 0.15) is 57.5 Å². The Balaban J connectivity index is 1.20. The zero-order valence-corrected chi connectivity index (χ0v) is 30.0. The number of carbonyl (C=O) groups excluding carboxylic acids is 1. The largest absolute Gasteiger partial charge is 0.444 e. The topological polar surface area (TPSA) is 145 Å². The number of pyridine rings is 1. The summed E-state index contributed by atoms with van der Waals surface area (Å²) in [5.41, 5.74) is 1.44. The molecule has 5 aromatic rings. The van der Waals surface area contributed by atoms with Gasteiger partial charge in [0.05, 0.1) is 17.8 Å². The Morgan fingerprint density at radius 3 is 2.73 bits per heavy atom. The number of carbonyl (C=O) groups is 1. The molecule has 1 amide bonds. The number of halogens is 1. The Labute approximate surface area is 299 Å². The van der Waals surface area contributed by atoms with Gasteiger partial charge in [0.25, 0.3) is 0 Å². The summed E-state index contributed by atoms with van der Waals surface area (Å²) in [6.07, 6.45) is 2.37. The van der Waals surface area contributed by atoms with Crippen molar-refractivity contribution in [2.45, 2.75) is 67.3 Å². The zero-order chi connectivity index (χ0) is 34.1. The molecule has 2 aliphatic heterocycles. The number of ether oxygens (including phenoxy) is 5. The molecule has 0 aliphatic carbocycles. The van der Waals surface area contributed by atoms with Crippen molar-refractivity contribution in [1.82, 2.24) is 29.9 Å². The van der Waals surface area contributed by atoms with Gasteiger partial charge in [-0.2, -0.15) is 0 Å². The molecule has 0 bridgehead atoms. The average molecular weight is 742 g/mol. The maximum absolute atomic E-state index is 12.3. The van der Waals surface area contributed by atoms with E-state index in [1.807, 2.05) is 41.8 Å². The normalized spacial score (nSPS) is 23.9. The van der Waals surface area contributed by atoms with Crippen molar-refractivity contribution in [3.8, 4) is 22.1 Å². The molecule has 6 atom stereocenters. The number of nitrogens with zero attached hydrogens (tertiary/aromatic N) is 6. The lowest BCUT2D eigenvalue weighted by Crippen LogP contribution is -2.59. The first-order valence-corrected chi connectivity index (χ1v) is 18.3. The Hall–Kier alpha value is -3.48. The first-order chi connectivity index (χ1) is 23.6. The van der Waals surface area contributed by atoms with Gasteiger partial charge in [-0.05, 0) is 26.8 Å². The van der Waals surface area contributed by atoms with Gasteiger partial charge in [-0.25, -0.2) is 19.4 Å². The monoisotopic (exact) mass is 741 g/mol. The van der Waals surface area contributed by atoms with Gasteiger partial charge in [0, 0.05) is 40.7 Å². The summed E-state index contributed by atoms with van der Waals surface area (Å²) in [4.78, 5) is 26.7. The SMILES string of the molecule is COC1C(n2cc(-c3csc(NC(=O)OC(C)(C)C)n3)nn2)[C@H]2OC(c3ccccc3)OCC2O[C@@H]1Sc1cc(Cl)cnc1-c1nccs1. The third kappa shape index (κ3) is 7.66. The predicted molar refractivity (Wildman–Crippen MR) is 186 cm³/mol. The van der Waals surface area contributed by atoms with Crippen molar-refractivity contribution in [3.63, 3.8) is 0 Å². The van der Waals surface area contributed by atoms with Crippen molar-refractivity contribution in [3.05, 3.63) is 76.3 Å². The van der Waals surface area contributed by atoms with Crippen LogP contribution in [0, 0.1) is 0 Å². The molecule has 0 spiro atoms. The minimum Gasteiger partial charge on any atom is -0.444 e. The van der Waals surface area contributed by atoms with Gasteiger partial charge in [0.15, 0.2) is 11.4 Å². The van der Waals surface area contributed by atoms with Crippen LogP contribution in [-0.4, -0.2) is 79.1 Å². The minimum atomic E-state index is -0.639. The quantitative estimate of drug-likeness (QED) is 0.173. The van der Waals surface area contributed by atoms with E-state index in [0.29, 0.717) is 27.2 Å². The van der Waals surface area contributed by atoms with E-state index >= 15 is 0 Å². The highest BCUT2D eigenvalue weighted by molar-refractivity contribution is 8.00. The zero-order valence-electron chi connectivity index (χ0n) is 26.8. The van der Waals surface area contributed by atoms with Crippen LogP contribution >= 0.6 is 46.0 Å². The standard InChI is InChI=1S/C32H32ClN7O6S3/c1-32(2,3)46-31(41)37-30-36-20(16-48-30)19-14-40(39-38-19)24-25-21(15-43-28(45-25)17-8-6-5-7-9-17)44-29(26(24)42-4)49-22-12-18(33)13-35-23(22)27-34-10-11-47-27/h5-14,16,21,24-26,28-29H,15H2,1-4H3,(H,36,37,41)/t21?,24?,25-,26?,28?,29+/m0/s1. The minimum absolute atomic E-state index is 0.273. The third-order valence-electron chi connectivity index (χ3n) is 7.54. The Morgan fingerprint density at radius 2 is 1.98 bits per heavy atom. The summed E-state index contributed by atoms with van der Waals surface area (Å²) in [5.74, 6) is 0. The van der Waals surface area contributed by atoms with Crippen LogP contribution in [0.15, 0.2) is 70.6 Å². The summed E-state index contributed by atoms with van der Waals surface area (Å²) < 4.78 is 32.8. The summed E-state index contributed by atoms with van der Waals surface area (Å²) >= 11 is 10.6.